The van der Waals surface area contributed by atoms with E-state index in [2.05, 4.69) is 9.72 Å². The third-order valence-electron chi connectivity index (χ3n) is 1.62. The van der Waals surface area contributed by atoms with Crippen LogP contribution in [0.25, 0.3) is 0 Å². The van der Waals surface area contributed by atoms with Crippen LogP contribution in [0, 0.1) is 0 Å². The number of thiazole rings is 1. The molecule has 0 aromatic carbocycles. The number of hydrogen-bond donors (Lipinski definition) is 1. The van der Waals surface area contributed by atoms with Crippen LogP contribution >= 0.6 is 23.1 Å². The molecule has 0 bridgehead atoms. The van der Waals surface area contributed by atoms with Crippen LogP contribution in [-0.2, 0) is 20.7 Å². The lowest BCUT2D eigenvalue weighted by molar-refractivity contribution is -0.140. The molecule has 16 heavy (non-hydrogen) atoms. The highest BCUT2D eigenvalue weighted by molar-refractivity contribution is 8.01. The predicted octanol–water partition coefficient (Wildman–Crippen LogP) is 1.43. The third kappa shape index (κ3) is 4.63. The Labute approximate surface area is 101 Å². The average molecular weight is 261 g/mol. The van der Waals surface area contributed by atoms with Gasteiger partial charge in [-0.1, -0.05) is 11.8 Å². The van der Waals surface area contributed by atoms with Crippen molar-refractivity contribution in [1.29, 1.82) is 0 Å². The second-order valence-electron chi connectivity index (χ2n) is 2.85. The number of nitrogens with zero attached hydrogens (tertiary/aromatic N) is 1. The highest BCUT2D eigenvalue weighted by Gasteiger charge is 2.07. The largest absolute Gasteiger partial charge is 0.481 e. The van der Waals surface area contributed by atoms with Crippen LogP contribution < -0.4 is 0 Å². The van der Waals surface area contributed by atoms with Crippen LogP contribution in [-0.4, -0.2) is 34.9 Å². The Morgan fingerprint density at radius 3 is 3.00 bits per heavy atom. The zero-order chi connectivity index (χ0) is 12.0. The van der Waals surface area contributed by atoms with Crippen molar-refractivity contribution >= 4 is 35.0 Å². The van der Waals surface area contributed by atoms with Gasteiger partial charge in [0, 0.05) is 11.1 Å². The lowest BCUT2D eigenvalue weighted by Crippen LogP contribution is -2.01. The first-order chi connectivity index (χ1) is 7.61. The minimum Gasteiger partial charge on any atom is -0.481 e. The van der Waals surface area contributed by atoms with Crippen LogP contribution in [0.5, 0.6) is 0 Å². The maximum atomic E-state index is 10.8. The summed E-state index contributed by atoms with van der Waals surface area (Å²) < 4.78 is 5.28. The molecule has 0 saturated carbocycles. The molecule has 88 valence electrons. The van der Waals surface area contributed by atoms with Gasteiger partial charge in [0.1, 0.15) is 4.34 Å². The van der Waals surface area contributed by atoms with Gasteiger partial charge in [0.25, 0.3) is 0 Å². The number of carbonyl (C=O) groups is 2. The highest BCUT2D eigenvalue weighted by Crippen LogP contribution is 2.23. The van der Waals surface area contributed by atoms with Gasteiger partial charge in [-0.3, -0.25) is 9.59 Å². The molecule has 5 nitrogen and oxygen atoms in total. The van der Waals surface area contributed by atoms with Gasteiger partial charge in [0.05, 0.1) is 25.6 Å². The maximum Gasteiger partial charge on any atom is 0.309 e. The second kappa shape index (κ2) is 6.49. The molecule has 0 amide bonds. The van der Waals surface area contributed by atoms with Crippen LogP contribution in [0.2, 0.25) is 0 Å². The van der Waals surface area contributed by atoms with E-state index in [4.69, 9.17) is 5.11 Å². The van der Waals surface area contributed by atoms with E-state index in [0.717, 1.165) is 4.34 Å². The Morgan fingerprint density at radius 2 is 2.38 bits per heavy atom. The number of aliphatic carboxylic acids is 1. The summed E-state index contributed by atoms with van der Waals surface area (Å²) in [6.45, 7) is 0. The molecule has 0 aliphatic heterocycles. The fraction of sp³-hybridized carbons (Fsp3) is 0.444. The molecular weight excluding hydrogens is 250 g/mol. The molecule has 0 spiro atoms. The molecule has 7 heteroatoms. The summed E-state index contributed by atoms with van der Waals surface area (Å²) in [6.07, 6.45) is 0.267. The smallest absolute Gasteiger partial charge is 0.309 e. The summed E-state index contributed by atoms with van der Waals surface area (Å²) in [5, 5.41) is 10.3. The molecule has 1 aromatic rings. The number of rotatable bonds is 6. The quantitative estimate of drug-likeness (QED) is 0.616. The fourth-order valence-electron chi connectivity index (χ4n) is 0.915. The number of methoxy groups -OCH3 is 1. The number of esters is 1. The molecule has 0 radical (unpaired) electrons. The number of hydrogen-bond acceptors (Lipinski definition) is 6. The minimum absolute atomic E-state index is 0.0614. The Balaban J connectivity index is 2.34. The molecule has 0 aliphatic carbocycles. The van der Waals surface area contributed by atoms with Crippen molar-refractivity contribution in [2.24, 2.45) is 0 Å². The van der Waals surface area contributed by atoms with E-state index < -0.39 is 5.97 Å². The average Bonchev–Trinajstić information content (AvgIpc) is 2.64. The molecular formula is C9H11NO4S2. The summed E-state index contributed by atoms with van der Waals surface area (Å²) in [6, 6.07) is 0. The predicted molar refractivity (Wildman–Crippen MR) is 60.8 cm³/mol. The van der Waals surface area contributed by atoms with E-state index in [0.29, 0.717) is 17.9 Å². The molecule has 0 unspecified atom stereocenters. The van der Waals surface area contributed by atoms with Crippen molar-refractivity contribution in [2.75, 3.05) is 12.9 Å². The molecule has 1 rings (SSSR count). The molecule has 1 aromatic heterocycles. The first-order valence-corrected chi connectivity index (χ1v) is 6.34. The Morgan fingerprint density at radius 1 is 1.62 bits per heavy atom. The van der Waals surface area contributed by atoms with E-state index in [1.165, 1.54) is 30.2 Å². The van der Waals surface area contributed by atoms with E-state index in [9.17, 15) is 9.59 Å². The lowest BCUT2D eigenvalue weighted by Gasteiger charge is -1.96. The monoisotopic (exact) mass is 261 g/mol. The molecule has 1 heterocycles. The Hall–Kier alpha value is -1.08. The number of carboxylic acids is 1. The minimum atomic E-state index is -0.892. The van der Waals surface area contributed by atoms with Gasteiger partial charge >= 0.3 is 11.9 Å². The molecule has 0 aliphatic rings. The lowest BCUT2D eigenvalue weighted by atomic mass is 10.3. The third-order valence-corrected chi connectivity index (χ3v) is 3.69. The number of carbonyl (C=O) groups excluding carboxylic acids is 1. The van der Waals surface area contributed by atoms with Gasteiger partial charge in [0.15, 0.2) is 0 Å². The standard InChI is InChI=1S/C9H11NO4S2/c1-14-8(13)2-3-15-9-10-6(5-16-9)4-7(11)12/h5H,2-4H2,1H3,(H,11,12). The van der Waals surface area contributed by atoms with Gasteiger partial charge < -0.3 is 9.84 Å². The zero-order valence-electron chi connectivity index (χ0n) is 8.63. The summed E-state index contributed by atoms with van der Waals surface area (Å²) in [5.41, 5.74) is 0.554. The van der Waals surface area contributed by atoms with Crippen molar-refractivity contribution in [3.05, 3.63) is 11.1 Å². The van der Waals surface area contributed by atoms with E-state index in [1.54, 1.807) is 5.38 Å². The Kier molecular flexibility index (Phi) is 5.27. The fourth-order valence-corrected chi connectivity index (χ4v) is 2.75. The van der Waals surface area contributed by atoms with Crippen molar-refractivity contribution < 1.29 is 19.4 Å². The van der Waals surface area contributed by atoms with Crippen molar-refractivity contribution in [3.63, 3.8) is 0 Å². The summed E-state index contributed by atoms with van der Waals surface area (Å²) in [7, 11) is 1.35. The van der Waals surface area contributed by atoms with E-state index in [-0.39, 0.29) is 12.4 Å². The number of ether oxygens (including phenoxy) is 1. The van der Waals surface area contributed by atoms with Crippen LogP contribution in [0.4, 0.5) is 0 Å². The van der Waals surface area contributed by atoms with Gasteiger partial charge in [-0.15, -0.1) is 11.3 Å². The van der Waals surface area contributed by atoms with Gasteiger partial charge in [0.2, 0.25) is 0 Å². The highest BCUT2D eigenvalue weighted by atomic mass is 32.2. The van der Waals surface area contributed by atoms with E-state index in [1.807, 2.05) is 0 Å². The van der Waals surface area contributed by atoms with Gasteiger partial charge in [-0.2, -0.15) is 0 Å². The van der Waals surface area contributed by atoms with Crippen LogP contribution in [0.1, 0.15) is 12.1 Å². The summed E-state index contributed by atoms with van der Waals surface area (Å²) in [4.78, 5) is 25.4. The van der Waals surface area contributed by atoms with Crippen molar-refractivity contribution in [3.8, 4) is 0 Å². The SMILES string of the molecule is COC(=O)CCSc1nc(CC(=O)O)cs1. The second-order valence-corrected chi connectivity index (χ2v) is 5.05. The first-order valence-electron chi connectivity index (χ1n) is 4.47. The van der Waals surface area contributed by atoms with E-state index >= 15 is 0 Å². The van der Waals surface area contributed by atoms with Crippen LogP contribution in [0.3, 0.4) is 0 Å². The number of carboxylic acid groups (broad SMARTS) is 1. The molecule has 1 N–H and O–H groups in total. The Bertz CT molecular complexity index is 377. The van der Waals surface area contributed by atoms with Crippen molar-refractivity contribution in [1.82, 2.24) is 4.98 Å². The van der Waals surface area contributed by atoms with Crippen molar-refractivity contribution in [2.45, 2.75) is 17.2 Å². The first kappa shape index (κ1) is 13.0. The number of thioether (sulfide) groups is 1. The topological polar surface area (TPSA) is 76.5 Å². The molecule has 0 saturated heterocycles. The molecule has 0 fully saturated rings. The van der Waals surface area contributed by atoms with Crippen LogP contribution in [0.15, 0.2) is 9.72 Å². The number of aromatic nitrogens is 1. The zero-order valence-corrected chi connectivity index (χ0v) is 10.3. The molecule has 0 atom stereocenters. The van der Waals surface area contributed by atoms with Gasteiger partial charge in [-0.25, -0.2) is 4.98 Å². The summed E-state index contributed by atoms with van der Waals surface area (Å²) in [5.74, 6) is -0.557. The maximum absolute atomic E-state index is 10.8. The normalized spacial score (nSPS) is 10.1. The summed E-state index contributed by atoms with van der Waals surface area (Å²) >= 11 is 2.81. The van der Waals surface area contributed by atoms with Gasteiger partial charge in [-0.05, 0) is 0 Å².